The molecule has 0 amide bonds. The lowest BCUT2D eigenvalue weighted by Crippen LogP contribution is -1.84. The van der Waals surface area contributed by atoms with Crippen LogP contribution >= 0.6 is 11.3 Å². The lowest BCUT2D eigenvalue weighted by molar-refractivity contribution is 0.289. The smallest absolute Gasteiger partial charge is 0.123 e. The number of halogens is 1. The standard InChI is InChI=1S/C12H12FNOS/c13-10-4-1-3-9(7-10)12-14-8-11(16-12)5-2-6-15/h1,3-4,7-8,15H,2,5-6H2. The summed E-state index contributed by atoms with van der Waals surface area (Å²) in [6.07, 6.45) is 3.36. The van der Waals surface area contributed by atoms with Crippen LogP contribution in [-0.4, -0.2) is 16.7 Å². The van der Waals surface area contributed by atoms with Crippen LogP contribution in [0.5, 0.6) is 0 Å². The Bertz CT molecular complexity index is 470. The van der Waals surface area contributed by atoms with Crippen LogP contribution in [0.2, 0.25) is 0 Å². The zero-order valence-electron chi connectivity index (χ0n) is 8.69. The minimum absolute atomic E-state index is 0.188. The Morgan fingerprint density at radius 1 is 1.38 bits per heavy atom. The zero-order valence-corrected chi connectivity index (χ0v) is 9.51. The molecule has 0 fully saturated rings. The fourth-order valence-electron chi connectivity index (χ4n) is 1.43. The van der Waals surface area contributed by atoms with E-state index in [1.807, 2.05) is 6.07 Å². The van der Waals surface area contributed by atoms with Gasteiger partial charge in [-0.2, -0.15) is 0 Å². The zero-order chi connectivity index (χ0) is 11.4. The number of aromatic nitrogens is 1. The summed E-state index contributed by atoms with van der Waals surface area (Å²) in [5.41, 5.74) is 0.806. The van der Waals surface area contributed by atoms with Crippen LogP contribution in [0.15, 0.2) is 30.5 Å². The van der Waals surface area contributed by atoms with Crippen LogP contribution in [0.3, 0.4) is 0 Å². The molecule has 0 radical (unpaired) electrons. The SMILES string of the molecule is OCCCc1cnc(-c2cccc(F)c2)s1. The van der Waals surface area contributed by atoms with E-state index < -0.39 is 0 Å². The van der Waals surface area contributed by atoms with Gasteiger partial charge in [-0.25, -0.2) is 9.37 Å². The first-order valence-corrected chi connectivity index (χ1v) is 5.93. The van der Waals surface area contributed by atoms with Crippen LogP contribution < -0.4 is 0 Å². The van der Waals surface area contributed by atoms with Crippen molar-refractivity contribution in [3.05, 3.63) is 41.2 Å². The number of nitrogens with zero attached hydrogens (tertiary/aromatic N) is 1. The average Bonchev–Trinajstić information content (AvgIpc) is 2.75. The Hall–Kier alpha value is -1.26. The molecule has 0 spiro atoms. The first kappa shape index (κ1) is 11.2. The lowest BCUT2D eigenvalue weighted by Gasteiger charge is -1.95. The third-order valence-corrected chi connectivity index (χ3v) is 3.31. The molecular formula is C12H12FNOS. The summed E-state index contributed by atoms with van der Waals surface area (Å²) in [4.78, 5) is 5.37. The van der Waals surface area contributed by atoms with E-state index in [2.05, 4.69) is 4.98 Å². The Balaban J connectivity index is 2.18. The van der Waals surface area contributed by atoms with E-state index in [0.717, 1.165) is 28.3 Å². The Morgan fingerprint density at radius 2 is 2.25 bits per heavy atom. The number of hydrogen-bond acceptors (Lipinski definition) is 3. The number of thiazole rings is 1. The number of aliphatic hydroxyl groups excluding tert-OH is 1. The number of aryl methyl sites for hydroxylation is 1. The summed E-state index contributed by atoms with van der Waals surface area (Å²) < 4.78 is 13.0. The van der Waals surface area contributed by atoms with Crippen molar-refractivity contribution in [1.29, 1.82) is 0 Å². The van der Waals surface area contributed by atoms with Gasteiger partial charge in [-0.1, -0.05) is 12.1 Å². The molecule has 0 aliphatic rings. The topological polar surface area (TPSA) is 33.1 Å². The fraction of sp³-hybridized carbons (Fsp3) is 0.250. The third-order valence-electron chi connectivity index (χ3n) is 2.21. The van der Waals surface area contributed by atoms with Crippen molar-refractivity contribution in [3.8, 4) is 10.6 Å². The van der Waals surface area contributed by atoms with Gasteiger partial charge < -0.3 is 5.11 Å². The normalized spacial score (nSPS) is 10.6. The molecule has 16 heavy (non-hydrogen) atoms. The molecule has 1 N–H and O–H groups in total. The quantitative estimate of drug-likeness (QED) is 0.887. The Labute approximate surface area is 97.4 Å². The predicted molar refractivity (Wildman–Crippen MR) is 62.9 cm³/mol. The van der Waals surface area contributed by atoms with E-state index >= 15 is 0 Å². The summed E-state index contributed by atoms with van der Waals surface area (Å²) in [6, 6.07) is 6.43. The molecule has 2 aromatic rings. The summed E-state index contributed by atoms with van der Waals surface area (Å²) in [7, 11) is 0. The minimum atomic E-state index is -0.246. The minimum Gasteiger partial charge on any atom is -0.396 e. The van der Waals surface area contributed by atoms with E-state index in [0.29, 0.717) is 0 Å². The molecule has 0 atom stereocenters. The molecule has 1 aromatic heterocycles. The molecule has 4 heteroatoms. The second-order valence-electron chi connectivity index (χ2n) is 3.47. The molecule has 1 heterocycles. The third kappa shape index (κ3) is 2.65. The van der Waals surface area contributed by atoms with Gasteiger partial charge in [0, 0.05) is 23.2 Å². The van der Waals surface area contributed by atoms with Crippen molar-refractivity contribution in [3.63, 3.8) is 0 Å². The fourth-order valence-corrected chi connectivity index (χ4v) is 2.38. The monoisotopic (exact) mass is 237 g/mol. The lowest BCUT2D eigenvalue weighted by atomic mass is 10.2. The van der Waals surface area contributed by atoms with Crippen LogP contribution in [0, 0.1) is 5.82 Å². The number of benzene rings is 1. The van der Waals surface area contributed by atoms with Gasteiger partial charge in [0.25, 0.3) is 0 Å². The maximum absolute atomic E-state index is 13.0. The van der Waals surface area contributed by atoms with Gasteiger partial charge in [-0.3, -0.25) is 0 Å². The van der Waals surface area contributed by atoms with Gasteiger partial charge in [-0.15, -0.1) is 11.3 Å². The van der Waals surface area contributed by atoms with Gasteiger partial charge in [0.2, 0.25) is 0 Å². The predicted octanol–water partition coefficient (Wildman–Crippen LogP) is 2.87. The Kier molecular flexibility index (Phi) is 3.64. The molecule has 0 saturated heterocycles. The molecule has 1 aromatic carbocycles. The van der Waals surface area contributed by atoms with E-state index in [1.165, 1.54) is 12.1 Å². The van der Waals surface area contributed by atoms with Crippen LogP contribution in [0.4, 0.5) is 4.39 Å². The van der Waals surface area contributed by atoms with Crippen molar-refractivity contribution < 1.29 is 9.50 Å². The highest BCUT2D eigenvalue weighted by atomic mass is 32.1. The highest BCUT2D eigenvalue weighted by molar-refractivity contribution is 7.15. The second kappa shape index (κ2) is 5.18. The van der Waals surface area contributed by atoms with E-state index in [-0.39, 0.29) is 12.4 Å². The number of aliphatic hydroxyl groups is 1. The van der Waals surface area contributed by atoms with Crippen molar-refractivity contribution >= 4 is 11.3 Å². The maximum Gasteiger partial charge on any atom is 0.123 e. The summed E-state index contributed by atoms with van der Waals surface area (Å²) in [5.74, 6) is -0.246. The van der Waals surface area contributed by atoms with Crippen LogP contribution in [0.25, 0.3) is 10.6 Å². The van der Waals surface area contributed by atoms with Crippen molar-refractivity contribution in [2.75, 3.05) is 6.61 Å². The molecule has 2 rings (SSSR count). The number of hydrogen-bond donors (Lipinski definition) is 1. The molecule has 84 valence electrons. The summed E-state index contributed by atoms with van der Waals surface area (Å²) in [5, 5.41) is 9.55. The maximum atomic E-state index is 13.0. The van der Waals surface area contributed by atoms with Crippen LogP contribution in [0.1, 0.15) is 11.3 Å². The van der Waals surface area contributed by atoms with Gasteiger partial charge >= 0.3 is 0 Å². The van der Waals surface area contributed by atoms with E-state index in [4.69, 9.17) is 5.11 Å². The van der Waals surface area contributed by atoms with Gasteiger partial charge in [-0.05, 0) is 25.0 Å². The highest BCUT2D eigenvalue weighted by Crippen LogP contribution is 2.26. The molecule has 0 aliphatic carbocycles. The van der Waals surface area contributed by atoms with Gasteiger partial charge in [0.05, 0.1) is 0 Å². The second-order valence-corrected chi connectivity index (χ2v) is 4.58. The van der Waals surface area contributed by atoms with E-state index in [9.17, 15) is 4.39 Å². The molecular weight excluding hydrogens is 225 g/mol. The molecule has 2 nitrogen and oxygen atoms in total. The average molecular weight is 237 g/mol. The molecule has 0 aliphatic heterocycles. The molecule has 0 bridgehead atoms. The van der Waals surface area contributed by atoms with Gasteiger partial charge in [0.1, 0.15) is 10.8 Å². The van der Waals surface area contributed by atoms with E-state index in [1.54, 1.807) is 23.6 Å². The summed E-state index contributed by atoms with van der Waals surface area (Å²) >= 11 is 1.55. The molecule has 0 saturated carbocycles. The number of rotatable bonds is 4. The van der Waals surface area contributed by atoms with Crippen LogP contribution in [-0.2, 0) is 6.42 Å². The van der Waals surface area contributed by atoms with Gasteiger partial charge in [0.15, 0.2) is 0 Å². The largest absolute Gasteiger partial charge is 0.396 e. The first-order valence-electron chi connectivity index (χ1n) is 5.11. The van der Waals surface area contributed by atoms with Crippen molar-refractivity contribution in [2.45, 2.75) is 12.8 Å². The van der Waals surface area contributed by atoms with Crippen molar-refractivity contribution in [2.24, 2.45) is 0 Å². The summed E-state index contributed by atoms with van der Waals surface area (Å²) in [6.45, 7) is 0.188. The molecule has 0 unspecified atom stereocenters. The Morgan fingerprint density at radius 3 is 3.00 bits per heavy atom. The van der Waals surface area contributed by atoms with Crippen molar-refractivity contribution in [1.82, 2.24) is 4.98 Å². The first-order chi connectivity index (χ1) is 7.79. The highest BCUT2D eigenvalue weighted by Gasteiger charge is 2.05.